The van der Waals surface area contributed by atoms with E-state index < -0.39 is 0 Å². The van der Waals surface area contributed by atoms with Gasteiger partial charge in [0.1, 0.15) is 0 Å². The van der Waals surface area contributed by atoms with Gasteiger partial charge in [0.25, 0.3) is 0 Å². The van der Waals surface area contributed by atoms with Crippen LogP contribution in [0.1, 0.15) is 12.0 Å². The average molecular weight is 236 g/mol. The van der Waals surface area contributed by atoms with Gasteiger partial charge in [-0.25, -0.2) is 0 Å². The topological polar surface area (TPSA) is 47.7 Å². The van der Waals surface area contributed by atoms with E-state index in [1.807, 2.05) is 6.07 Å². The molecule has 0 bridgehead atoms. The Morgan fingerprint density at radius 2 is 2.12 bits per heavy atom. The van der Waals surface area contributed by atoms with Crippen LogP contribution < -0.4 is 10.6 Å². The maximum absolute atomic E-state index is 5.81. The third kappa shape index (κ3) is 2.70. The Labute approximate surface area is 102 Å². The van der Waals surface area contributed by atoms with Crippen LogP contribution >= 0.6 is 0 Å². The van der Waals surface area contributed by atoms with E-state index in [0.29, 0.717) is 0 Å². The highest BCUT2D eigenvalue weighted by Gasteiger charge is 2.19. The maximum atomic E-state index is 5.81. The van der Waals surface area contributed by atoms with Crippen molar-refractivity contribution < 1.29 is 9.47 Å². The lowest BCUT2D eigenvalue weighted by Crippen LogP contribution is -2.37. The van der Waals surface area contributed by atoms with Crippen LogP contribution in [0.25, 0.3) is 0 Å². The van der Waals surface area contributed by atoms with Crippen molar-refractivity contribution in [2.24, 2.45) is 0 Å². The molecule has 1 aliphatic heterocycles. The third-order valence-corrected chi connectivity index (χ3v) is 3.21. The molecule has 4 heteroatoms. The van der Waals surface area contributed by atoms with Crippen LogP contribution in [0, 0.1) is 0 Å². The van der Waals surface area contributed by atoms with Gasteiger partial charge in [-0.05, 0) is 36.6 Å². The molecule has 0 radical (unpaired) electrons. The molecule has 0 amide bonds. The fourth-order valence-electron chi connectivity index (χ4n) is 2.31. The summed E-state index contributed by atoms with van der Waals surface area (Å²) in [5.41, 5.74) is 9.22. The van der Waals surface area contributed by atoms with Crippen molar-refractivity contribution in [2.45, 2.75) is 19.1 Å². The van der Waals surface area contributed by atoms with Gasteiger partial charge in [-0.15, -0.1) is 0 Å². The second kappa shape index (κ2) is 5.38. The van der Waals surface area contributed by atoms with Gasteiger partial charge in [0, 0.05) is 32.1 Å². The molecule has 2 N–H and O–H groups in total. The molecule has 0 aromatic heterocycles. The van der Waals surface area contributed by atoms with Crippen LogP contribution in [0.15, 0.2) is 18.2 Å². The summed E-state index contributed by atoms with van der Waals surface area (Å²) in [5, 5.41) is 0. The second-order valence-electron chi connectivity index (χ2n) is 4.34. The summed E-state index contributed by atoms with van der Waals surface area (Å²) in [6.07, 6.45) is 2.07. The Balaban J connectivity index is 2.16. The first kappa shape index (κ1) is 12.2. The Bertz CT molecular complexity index is 378. The van der Waals surface area contributed by atoms with Crippen molar-refractivity contribution in [3.05, 3.63) is 23.8 Å². The highest BCUT2D eigenvalue weighted by atomic mass is 16.7. The van der Waals surface area contributed by atoms with Gasteiger partial charge in [0.2, 0.25) is 0 Å². The summed E-state index contributed by atoms with van der Waals surface area (Å²) in [6.45, 7) is 1.80. The van der Waals surface area contributed by atoms with Crippen LogP contribution in [0.5, 0.6) is 0 Å². The molecule has 94 valence electrons. The summed E-state index contributed by atoms with van der Waals surface area (Å²) >= 11 is 0. The lowest BCUT2D eigenvalue weighted by molar-refractivity contribution is -0.0950. The van der Waals surface area contributed by atoms with E-state index in [0.717, 1.165) is 31.6 Å². The quantitative estimate of drug-likeness (QED) is 0.638. The first-order valence-electron chi connectivity index (χ1n) is 5.93. The predicted molar refractivity (Wildman–Crippen MR) is 69.2 cm³/mol. The third-order valence-electron chi connectivity index (χ3n) is 3.21. The number of ether oxygens (including phenoxy) is 2. The summed E-state index contributed by atoms with van der Waals surface area (Å²) in [5.74, 6) is 0. The van der Waals surface area contributed by atoms with E-state index >= 15 is 0 Å². The number of anilines is 2. The lowest BCUT2D eigenvalue weighted by Gasteiger charge is -2.33. The van der Waals surface area contributed by atoms with Gasteiger partial charge in [-0.1, -0.05) is 0 Å². The van der Waals surface area contributed by atoms with Crippen LogP contribution in [-0.4, -0.2) is 33.6 Å². The Hall–Kier alpha value is -1.26. The van der Waals surface area contributed by atoms with Crippen molar-refractivity contribution in [1.82, 2.24) is 0 Å². The van der Waals surface area contributed by atoms with Crippen LogP contribution in [0.2, 0.25) is 0 Å². The molecule has 1 aromatic carbocycles. The molecule has 2 rings (SSSR count). The standard InChI is InChI=1S/C13H20N2O2/c1-16-13(17-2)9-15-7-3-4-10-8-11(14)5-6-12(10)15/h5-6,8,13H,3-4,7,9,14H2,1-2H3. The largest absolute Gasteiger partial charge is 0.399 e. The summed E-state index contributed by atoms with van der Waals surface area (Å²) in [6, 6.07) is 6.11. The lowest BCUT2D eigenvalue weighted by atomic mass is 10.0. The number of nitrogens with zero attached hydrogens (tertiary/aromatic N) is 1. The Kier molecular flexibility index (Phi) is 3.86. The van der Waals surface area contributed by atoms with Gasteiger partial charge >= 0.3 is 0 Å². The Morgan fingerprint density at radius 1 is 1.35 bits per heavy atom. The molecule has 0 fully saturated rings. The normalized spacial score (nSPS) is 15.1. The zero-order valence-electron chi connectivity index (χ0n) is 10.5. The summed E-state index contributed by atoms with van der Waals surface area (Å²) < 4.78 is 10.5. The molecule has 0 atom stereocenters. The molecule has 0 spiro atoms. The predicted octanol–water partition coefficient (Wildman–Crippen LogP) is 1.64. The number of fused-ring (bicyclic) bond motifs is 1. The molecule has 0 saturated heterocycles. The minimum absolute atomic E-state index is 0.182. The van der Waals surface area contributed by atoms with Crippen LogP contribution in [0.4, 0.5) is 11.4 Å². The van der Waals surface area contributed by atoms with Gasteiger partial charge in [0.15, 0.2) is 6.29 Å². The molecule has 4 nitrogen and oxygen atoms in total. The molecule has 1 aliphatic rings. The molecule has 1 heterocycles. The monoisotopic (exact) mass is 236 g/mol. The van der Waals surface area contributed by atoms with Crippen molar-refractivity contribution >= 4 is 11.4 Å². The van der Waals surface area contributed by atoms with Crippen molar-refractivity contribution in [2.75, 3.05) is 37.9 Å². The van der Waals surface area contributed by atoms with Crippen molar-refractivity contribution in [1.29, 1.82) is 0 Å². The highest BCUT2D eigenvalue weighted by molar-refractivity contribution is 5.61. The maximum Gasteiger partial charge on any atom is 0.174 e. The first-order valence-corrected chi connectivity index (χ1v) is 5.93. The molecule has 1 aromatic rings. The molecule has 17 heavy (non-hydrogen) atoms. The average Bonchev–Trinajstić information content (AvgIpc) is 2.35. The van der Waals surface area contributed by atoms with E-state index in [2.05, 4.69) is 17.0 Å². The number of aryl methyl sites for hydroxylation is 1. The Morgan fingerprint density at radius 3 is 2.82 bits per heavy atom. The number of benzene rings is 1. The van der Waals surface area contributed by atoms with Gasteiger partial charge < -0.3 is 20.1 Å². The molecular weight excluding hydrogens is 216 g/mol. The van der Waals surface area contributed by atoms with E-state index in [4.69, 9.17) is 15.2 Å². The van der Waals surface area contributed by atoms with E-state index in [-0.39, 0.29) is 6.29 Å². The van der Waals surface area contributed by atoms with Gasteiger partial charge in [0.05, 0.1) is 6.54 Å². The minimum atomic E-state index is -0.182. The SMILES string of the molecule is COC(CN1CCCc2cc(N)ccc21)OC. The summed E-state index contributed by atoms with van der Waals surface area (Å²) in [4.78, 5) is 2.30. The van der Waals surface area contributed by atoms with Crippen LogP contribution in [0.3, 0.4) is 0 Å². The van der Waals surface area contributed by atoms with Crippen LogP contribution in [-0.2, 0) is 15.9 Å². The summed E-state index contributed by atoms with van der Waals surface area (Å²) in [7, 11) is 3.34. The number of hydrogen-bond donors (Lipinski definition) is 1. The van der Waals surface area contributed by atoms with Crippen molar-refractivity contribution in [3.8, 4) is 0 Å². The number of hydrogen-bond acceptors (Lipinski definition) is 4. The zero-order chi connectivity index (χ0) is 12.3. The fourth-order valence-corrected chi connectivity index (χ4v) is 2.31. The number of nitrogen functional groups attached to an aromatic ring is 1. The van der Waals surface area contributed by atoms with E-state index in [9.17, 15) is 0 Å². The second-order valence-corrected chi connectivity index (χ2v) is 4.34. The smallest absolute Gasteiger partial charge is 0.174 e. The van der Waals surface area contributed by atoms with Gasteiger partial charge in [-0.2, -0.15) is 0 Å². The fraction of sp³-hybridized carbons (Fsp3) is 0.538. The van der Waals surface area contributed by atoms with E-state index in [1.54, 1.807) is 14.2 Å². The first-order chi connectivity index (χ1) is 8.24. The number of methoxy groups -OCH3 is 2. The van der Waals surface area contributed by atoms with Crippen molar-refractivity contribution in [3.63, 3.8) is 0 Å². The molecule has 0 aliphatic carbocycles. The molecule has 0 saturated carbocycles. The highest BCUT2D eigenvalue weighted by Crippen LogP contribution is 2.28. The zero-order valence-corrected chi connectivity index (χ0v) is 10.5. The molecule has 0 unspecified atom stereocenters. The number of rotatable bonds is 4. The van der Waals surface area contributed by atoms with Gasteiger partial charge in [-0.3, -0.25) is 0 Å². The molecular formula is C13H20N2O2. The van der Waals surface area contributed by atoms with E-state index in [1.165, 1.54) is 11.3 Å². The minimum Gasteiger partial charge on any atom is -0.399 e. The number of nitrogens with two attached hydrogens (primary N) is 1.